The van der Waals surface area contributed by atoms with Crippen molar-refractivity contribution in [2.45, 2.75) is 13.0 Å². The van der Waals surface area contributed by atoms with E-state index in [0.717, 1.165) is 11.3 Å². The van der Waals surface area contributed by atoms with Gasteiger partial charge in [-0.05, 0) is 24.3 Å². The zero-order valence-corrected chi connectivity index (χ0v) is 13.3. The molecule has 23 heavy (non-hydrogen) atoms. The molecule has 1 heterocycles. The minimum Gasteiger partial charge on any atom is -0.497 e. The van der Waals surface area contributed by atoms with Gasteiger partial charge in [0.1, 0.15) is 11.5 Å². The van der Waals surface area contributed by atoms with E-state index in [4.69, 9.17) is 9.47 Å². The van der Waals surface area contributed by atoms with Gasteiger partial charge in [0.2, 0.25) is 0 Å². The SMILES string of the molecule is COc1ccc(CNC(=O)NCCc2ccccn2)c(OC)c1. The molecule has 2 N–H and O–H groups in total. The summed E-state index contributed by atoms with van der Waals surface area (Å²) in [5.74, 6) is 1.39. The molecule has 0 saturated carbocycles. The maximum absolute atomic E-state index is 11.8. The van der Waals surface area contributed by atoms with Crippen molar-refractivity contribution >= 4 is 6.03 Å². The number of carbonyl (C=O) groups is 1. The lowest BCUT2D eigenvalue weighted by molar-refractivity contribution is 0.240. The van der Waals surface area contributed by atoms with Gasteiger partial charge in [-0.3, -0.25) is 4.98 Å². The van der Waals surface area contributed by atoms with Crippen molar-refractivity contribution in [1.29, 1.82) is 0 Å². The maximum atomic E-state index is 11.8. The minimum atomic E-state index is -0.223. The number of carbonyl (C=O) groups excluding carboxylic acids is 1. The highest BCUT2D eigenvalue weighted by Gasteiger charge is 2.07. The Morgan fingerprint density at radius 2 is 2.00 bits per heavy atom. The van der Waals surface area contributed by atoms with Gasteiger partial charge in [0.05, 0.1) is 14.2 Å². The van der Waals surface area contributed by atoms with Gasteiger partial charge in [0.25, 0.3) is 0 Å². The van der Waals surface area contributed by atoms with Crippen LogP contribution in [0.3, 0.4) is 0 Å². The fourth-order valence-corrected chi connectivity index (χ4v) is 2.09. The van der Waals surface area contributed by atoms with Gasteiger partial charge in [0.15, 0.2) is 0 Å². The summed E-state index contributed by atoms with van der Waals surface area (Å²) >= 11 is 0. The van der Waals surface area contributed by atoms with Gasteiger partial charge >= 0.3 is 6.03 Å². The zero-order chi connectivity index (χ0) is 16.5. The number of aromatic nitrogens is 1. The molecule has 6 heteroatoms. The summed E-state index contributed by atoms with van der Waals surface area (Å²) in [5.41, 5.74) is 1.83. The number of nitrogens with one attached hydrogen (secondary N) is 2. The van der Waals surface area contributed by atoms with Crippen LogP contribution in [-0.4, -0.2) is 31.8 Å². The second-order valence-electron chi connectivity index (χ2n) is 4.86. The molecule has 2 amide bonds. The largest absolute Gasteiger partial charge is 0.497 e. The van der Waals surface area contributed by atoms with Crippen LogP contribution < -0.4 is 20.1 Å². The van der Waals surface area contributed by atoms with Gasteiger partial charge < -0.3 is 20.1 Å². The molecular weight excluding hydrogens is 294 g/mol. The fraction of sp³-hybridized carbons (Fsp3) is 0.294. The summed E-state index contributed by atoms with van der Waals surface area (Å²) in [6.07, 6.45) is 2.44. The summed E-state index contributed by atoms with van der Waals surface area (Å²) in [4.78, 5) is 16.0. The summed E-state index contributed by atoms with van der Waals surface area (Å²) in [7, 11) is 3.19. The number of rotatable bonds is 7. The first-order chi connectivity index (χ1) is 11.2. The lowest BCUT2D eigenvalue weighted by atomic mass is 10.2. The molecule has 1 aromatic heterocycles. The number of methoxy groups -OCH3 is 2. The van der Waals surface area contributed by atoms with Crippen LogP contribution in [0.1, 0.15) is 11.3 Å². The fourth-order valence-electron chi connectivity index (χ4n) is 2.09. The van der Waals surface area contributed by atoms with E-state index in [0.29, 0.717) is 31.0 Å². The molecule has 0 spiro atoms. The van der Waals surface area contributed by atoms with Crippen LogP contribution in [0, 0.1) is 0 Å². The van der Waals surface area contributed by atoms with Crippen LogP contribution in [-0.2, 0) is 13.0 Å². The molecule has 2 rings (SSSR count). The summed E-state index contributed by atoms with van der Waals surface area (Å²) in [5, 5.41) is 5.61. The summed E-state index contributed by atoms with van der Waals surface area (Å²) in [6, 6.07) is 11.0. The number of benzene rings is 1. The third-order valence-corrected chi connectivity index (χ3v) is 3.33. The monoisotopic (exact) mass is 315 g/mol. The molecule has 0 unspecified atom stereocenters. The molecule has 0 aliphatic rings. The number of urea groups is 1. The first-order valence-corrected chi connectivity index (χ1v) is 7.35. The second kappa shape index (κ2) is 8.63. The average Bonchev–Trinajstić information content (AvgIpc) is 2.60. The van der Waals surface area contributed by atoms with Crippen LogP contribution in [0.5, 0.6) is 11.5 Å². The van der Waals surface area contributed by atoms with Gasteiger partial charge in [-0.15, -0.1) is 0 Å². The maximum Gasteiger partial charge on any atom is 0.315 e. The Morgan fingerprint density at radius 3 is 2.70 bits per heavy atom. The Labute approximate surface area is 135 Å². The number of hydrogen-bond acceptors (Lipinski definition) is 4. The summed E-state index contributed by atoms with van der Waals surface area (Å²) in [6.45, 7) is 0.908. The Balaban J connectivity index is 1.78. The lowest BCUT2D eigenvalue weighted by Crippen LogP contribution is -2.36. The highest BCUT2D eigenvalue weighted by atomic mass is 16.5. The van der Waals surface area contributed by atoms with Crippen LogP contribution in [0.2, 0.25) is 0 Å². The predicted molar refractivity (Wildman–Crippen MR) is 87.7 cm³/mol. The minimum absolute atomic E-state index is 0.223. The average molecular weight is 315 g/mol. The second-order valence-corrected chi connectivity index (χ2v) is 4.86. The highest BCUT2D eigenvalue weighted by Crippen LogP contribution is 2.24. The Kier molecular flexibility index (Phi) is 6.23. The zero-order valence-electron chi connectivity index (χ0n) is 13.3. The van der Waals surface area contributed by atoms with Crippen LogP contribution in [0.15, 0.2) is 42.6 Å². The van der Waals surface area contributed by atoms with Crippen LogP contribution >= 0.6 is 0 Å². The predicted octanol–water partition coefficient (Wildman–Crippen LogP) is 2.14. The van der Waals surface area contributed by atoms with Gasteiger partial charge in [-0.2, -0.15) is 0 Å². The van der Waals surface area contributed by atoms with Gasteiger partial charge in [-0.1, -0.05) is 6.07 Å². The molecule has 6 nitrogen and oxygen atoms in total. The van der Waals surface area contributed by atoms with E-state index < -0.39 is 0 Å². The topological polar surface area (TPSA) is 72.5 Å². The van der Waals surface area contributed by atoms with E-state index in [1.54, 1.807) is 26.5 Å². The van der Waals surface area contributed by atoms with E-state index in [-0.39, 0.29) is 6.03 Å². The Bertz CT molecular complexity index is 632. The van der Waals surface area contributed by atoms with Crippen molar-refractivity contribution in [3.05, 3.63) is 53.9 Å². The normalized spacial score (nSPS) is 10.0. The quantitative estimate of drug-likeness (QED) is 0.821. The van der Waals surface area contributed by atoms with Crippen molar-refractivity contribution in [2.75, 3.05) is 20.8 Å². The lowest BCUT2D eigenvalue weighted by Gasteiger charge is -2.12. The molecule has 0 aliphatic heterocycles. The number of nitrogens with zero attached hydrogens (tertiary/aromatic N) is 1. The van der Waals surface area contributed by atoms with E-state index >= 15 is 0 Å². The van der Waals surface area contributed by atoms with Gasteiger partial charge in [0, 0.05) is 43.0 Å². The molecule has 0 aliphatic carbocycles. The van der Waals surface area contributed by atoms with Crippen LogP contribution in [0.25, 0.3) is 0 Å². The first-order valence-electron chi connectivity index (χ1n) is 7.35. The van der Waals surface area contributed by atoms with Crippen LogP contribution in [0.4, 0.5) is 4.79 Å². The molecule has 0 fully saturated rings. The van der Waals surface area contributed by atoms with Gasteiger partial charge in [-0.25, -0.2) is 4.79 Å². The molecule has 0 radical (unpaired) electrons. The number of ether oxygens (including phenoxy) is 2. The first kappa shape index (κ1) is 16.6. The number of amides is 2. The van der Waals surface area contributed by atoms with Crippen molar-refractivity contribution < 1.29 is 14.3 Å². The highest BCUT2D eigenvalue weighted by molar-refractivity contribution is 5.73. The van der Waals surface area contributed by atoms with E-state index in [2.05, 4.69) is 15.6 Å². The third kappa shape index (κ3) is 5.18. The summed E-state index contributed by atoms with van der Waals surface area (Å²) < 4.78 is 10.4. The number of hydrogen-bond donors (Lipinski definition) is 2. The molecule has 122 valence electrons. The van der Waals surface area contributed by atoms with Crippen molar-refractivity contribution in [2.24, 2.45) is 0 Å². The van der Waals surface area contributed by atoms with E-state index in [1.807, 2.05) is 30.3 Å². The smallest absolute Gasteiger partial charge is 0.315 e. The molecule has 2 aromatic rings. The molecule has 1 aromatic carbocycles. The Morgan fingerprint density at radius 1 is 1.13 bits per heavy atom. The molecule has 0 saturated heterocycles. The standard InChI is InChI=1S/C17H21N3O3/c1-22-15-7-6-13(16(11-15)23-2)12-20-17(21)19-10-8-14-5-3-4-9-18-14/h3-7,9,11H,8,10,12H2,1-2H3,(H2,19,20,21). The third-order valence-electron chi connectivity index (χ3n) is 3.33. The van der Waals surface area contributed by atoms with E-state index in [1.165, 1.54) is 0 Å². The molecule has 0 bridgehead atoms. The van der Waals surface area contributed by atoms with E-state index in [9.17, 15) is 4.79 Å². The molecule has 0 atom stereocenters. The van der Waals surface area contributed by atoms with Crippen molar-refractivity contribution in [3.8, 4) is 11.5 Å². The Hall–Kier alpha value is -2.76. The van der Waals surface area contributed by atoms with Crippen molar-refractivity contribution in [3.63, 3.8) is 0 Å². The molecular formula is C17H21N3O3. The van der Waals surface area contributed by atoms with Crippen molar-refractivity contribution in [1.82, 2.24) is 15.6 Å². The number of pyridine rings is 1.